The lowest BCUT2D eigenvalue weighted by Gasteiger charge is -2.02. The van der Waals surface area contributed by atoms with E-state index in [2.05, 4.69) is 33.8 Å². The van der Waals surface area contributed by atoms with E-state index in [1.165, 1.54) is 12.7 Å². The first-order chi connectivity index (χ1) is 9.11. The molecule has 2 rings (SSSR count). The van der Waals surface area contributed by atoms with E-state index in [1.54, 1.807) is 0 Å². The molecule has 0 aliphatic rings. The number of hydrogen-bond acceptors (Lipinski definition) is 3. The van der Waals surface area contributed by atoms with Gasteiger partial charge in [0.1, 0.15) is 5.82 Å². The fourth-order valence-electron chi connectivity index (χ4n) is 2.06. The third-order valence-corrected chi connectivity index (χ3v) is 3.13. The van der Waals surface area contributed by atoms with Crippen LogP contribution in [0, 0.1) is 13.8 Å². The van der Waals surface area contributed by atoms with Crippen molar-refractivity contribution in [3.8, 4) is 11.3 Å². The number of rotatable bonds is 4. The van der Waals surface area contributed by atoms with Gasteiger partial charge in [-0.05, 0) is 19.4 Å². The summed E-state index contributed by atoms with van der Waals surface area (Å²) in [7, 11) is 1.40. The molecule has 2 aromatic rings. The molecular formula is C15H18N2O2. The first-order valence-electron chi connectivity index (χ1n) is 6.30. The van der Waals surface area contributed by atoms with Crippen molar-refractivity contribution in [3.05, 3.63) is 41.3 Å². The van der Waals surface area contributed by atoms with Gasteiger partial charge in [0.15, 0.2) is 0 Å². The van der Waals surface area contributed by atoms with E-state index in [4.69, 9.17) is 0 Å². The number of carbonyl (C=O) groups is 1. The smallest absolute Gasteiger partial charge is 0.305 e. The van der Waals surface area contributed by atoms with Gasteiger partial charge in [0, 0.05) is 17.7 Å². The number of benzene rings is 1. The molecule has 0 unspecified atom stereocenters. The zero-order chi connectivity index (χ0) is 13.8. The Bertz CT molecular complexity index is 588. The molecule has 1 aromatic heterocycles. The number of aromatic nitrogens is 2. The highest BCUT2D eigenvalue weighted by molar-refractivity contribution is 5.69. The fraction of sp³-hybridized carbons (Fsp3) is 0.333. The van der Waals surface area contributed by atoms with Crippen LogP contribution in [0.2, 0.25) is 0 Å². The number of methoxy groups -OCH3 is 1. The third-order valence-electron chi connectivity index (χ3n) is 3.13. The van der Waals surface area contributed by atoms with Crippen LogP contribution in [-0.4, -0.2) is 23.0 Å². The predicted octanol–water partition coefficient (Wildman–Crippen LogP) is 2.80. The van der Waals surface area contributed by atoms with Gasteiger partial charge in [0.2, 0.25) is 0 Å². The second kappa shape index (κ2) is 5.69. The van der Waals surface area contributed by atoms with Crippen molar-refractivity contribution in [1.29, 1.82) is 0 Å². The monoisotopic (exact) mass is 258 g/mol. The maximum Gasteiger partial charge on any atom is 0.305 e. The van der Waals surface area contributed by atoms with Crippen molar-refractivity contribution in [2.24, 2.45) is 0 Å². The van der Waals surface area contributed by atoms with Crippen molar-refractivity contribution in [1.82, 2.24) is 9.97 Å². The van der Waals surface area contributed by atoms with Crippen LogP contribution < -0.4 is 0 Å². The van der Waals surface area contributed by atoms with Gasteiger partial charge < -0.3 is 9.72 Å². The van der Waals surface area contributed by atoms with Crippen molar-refractivity contribution in [3.63, 3.8) is 0 Å². The number of H-pyrrole nitrogens is 1. The maximum absolute atomic E-state index is 11.1. The van der Waals surface area contributed by atoms with Crippen molar-refractivity contribution in [2.75, 3.05) is 7.11 Å². The average Bonchev–Trinajstić information content (AvgIpc) is 2.77. The molecule has 19 heavy (non-hydrogen) atoms. The number of hydrogen-bond donors (Lipinski definition) is 1. The van der Waals surface area contributed by atoms with E-state index >= 15 is 0 Å². The molecule has 1 heterocycles. The summed E-state index contributed by atoms with van der Waals surface area (Å²) in [4.78, 5) is 19.0. The van der Waals surface area contributed by atoms with Crippen LogP contribution in [0.25, 0.3) is 11.3 Å². The lowest BCUT2D eigenvalue weighted by Crippen LogP contribution is -2.02. The molecule has 100 valence electrons. The molecular weight excluding hydrogens is 240 g/mol. The van der Waals surface area contributed by atoms with Gasteiger partial charge >= 0.3 is 5.97 Å². The molecule has 0 spiro atoms. The zero-order valence-corrected chi connectivity index (χ0v) is 11.5. The van der Waals surface area contributed by atoms with E-state index in [1.807, 2.05) is 19.1 Å². The number of nitrogens with one attached hydrogen (secondary N) is 1. The van der Waals surface area contributed by atoms with Crippen molar-refractivity contribution in [2.45, 2.75) is 26.7 Å². The molecule has 4 heteroatoms. The molecule has 4 nitrogen and oxygen atoms in total. The van der Waals surface area contributed by atoms with Gasteiger partial charge in [-0.15, -0.1) is 0 Å². The minimum atomic E-state index is -0.216. The summed E-state index contributed by atoms with van der Waals surface area (Å²) in [6.45, 7) is 4.06. The average molecular weight is 258 g/mol. The Labute approximate surface area is 112 Å². The Kier molecular flexibility index (Phi) is 4.00. The van der Waals surface area contributed by atoms with Gasteiger partial charge in [-0.25, -0.2) is 4.98 Å². The van der Waals surface area contributed by atoms with Crippen LogP contribution in [0.5, 0.6) is 0 Å². The normalized spacial score (nSPS) is 10.5. The lowest BCUT2D eigenvalue weighted by molar-refractivity contribution is -0.140. The lowest BCUT2D eigenvalue weighted by atomic mass is 10.1. The Balaban J connectivity index is 2.22. The van der Waals surface area contributed by atoms with E-state index in [0.717, 1.165) is 22.8 Å². The number of esters is 1. The van der Waals surface area contributed by atoms with Crippen LogP contribution in [0.1, 0.15) is 23.5 Å². The number of aromatic amines is 1. The predicted molar refractivity (Wildman–Crippen MR) is 73.8 cm³/mol. The van der Waals surface area contributed by atoms with E-state index in [-0.39, 0.29) is 5.97 Å². The van der Waals surface area contributed by atoms with Crippen LogP contribution in [0.4, 0.5) is 0 Å². The highest BCUT2D eigenvalue weighted by Gasteiger charge is 2.11. The first kappa shape index (κ1) is 13.3. The van der Waals surface area contributed by atoms with E-state index < -0.39 is 0 Å². The number of imidazole rings is 1. The quantitative estimate of drug-likeness (QED) is 0.858. The van der Waals surface area contributed by atoms with Crippen LogP contribution in [0.3, 0.4) is 0 Å². The molecule has 0 saturated heterocycles. The second-order valence-corrected chi connectivity index (χ2v) is 4.55. The highest BCUT2D eigenvalue weighted by Crippen LogP contribution is 2.24. The highest BCUT2D eigenvalue weighted by atomic mass is 16.5. The molecule has 0 aliphatic carbocycles. The number of carbonyl (C=O) groups excluding carboxylic acids is 1. The fourth-order valence-corrected chi connectivity index (χ4v) is 2.06. The Morgan fingerprint density at radius 2 is 2.05 bits per heavy atom. The van der Waals surface area contributed by atoms with Crippen molar-refractivity contribution < 1.29 is 9.53 Å². The van der Waals surface area contributed by atoms with Crippen LogP contribution in [0.15, 0.2) is 24.3 Å². The minimum Gasteiger partial charge on any atom is -0.469 e. The summed E-state index contributed by atoms with van der Waals surface area (Å²) in [5.41, 5.74) is 4.30. The van der Waals surface area contributed by atoms with Crippen LogP contribution in [-0.2, 0) is 16.0 Å². The largest absolute Gasteiger partial charge is 0.469 e. The molecule has 0 amide bonds. The zero-order valence-electron chi connectivity index (χ0n) is 11.5. The molecule has 0 atom stereocenters. The molecule has 1 N–H and O–H groups in total. The maximum atomic E-state index is 11.1. The summed E-state index contributed by atoms with van der Waals surface area (Å²) >= 11 is 0. The first-order valence-corrected chi connectivity index (χ1v) is 6.30. The molecule has 0 fully saturated rings. The van der Waals surface area contributed by atoms with Gasteiger partial charge in [-0.3, -0.25) is 4.79 Å². The molecule has 1 aromatic carbocycles. The Morgan fingerprint density at radius 3 is 2.74 bits per heavy atom. The Morgan fingerprint density at radius 1 is 1.32 bits per heavy atom. The molecule has 0 saturated carbocycles. The minimum absolute atomic E-state index is 0.216. The third kappa shape index (κ3) is 3.02. The molecule has 0 radical (unpaired) electrons. The van der Waals surface area contributed by atoms with Crippen molar-refractivity contribution >= 4 is 5.97 Å². The molecule has 0 bridgehead atoms. The van der Waals surface area contributed by atoms with Gasteiger partial charge in [0.05, 0.1) is 19.2 Å². The SMILES string of the molecule is COC(=O)CCc1nc(-c2ccccc2C)c(C)[nH]1. The topological polar surface area (TPSA) is 55.0 Å². The van der Waals surface area contributed by atoms with E-state index in [9.17, 15) is 4.79 Å². The number of nitrogens with zero attached hydrogens (tertiary/aromatic N) is 1. The second-order valence-electron chi connectivity index (χ2n) is 4.55. The Hall–Kier alpha value is -2.10. The summed E-state index contributed by atoms with van der Waals surface area (Å²) < 4.78 is 4.63. The molecule has 0 aliphatic heterocycles. The summed E-state index contributed by atoms with van der Waals surface area (Å²) in [6.07, 6.45) is 0.913. The van der Waals surface area contributed by atoms with Gasteiger partial charge in [0.25, 0.3) is 0 Å². The van der Waals surface area contributed by atoms with Gasteiger partial charge in [-0.1, -0.05) is 24.3 Å². The standard InChI is InChI=1S/C15H18N2O2/c1-10-6-4-5-7-12(10)15-11(2)16-13(17-15)8-9-14(18)19-3/h4-7H,8-9H2,1-3H3,(H,16,17). The summed E-state index contributed by atoms with van der Waals surface area (Å²) in [5, 5.41) is 0. The summed E-state index contributed by atoms with van der Waals surface area (Å²) in [5.74, 6) is 0.604. The van der Waals surface area contributed by atoms with Crippen LogP contribution >= 0.6 is 0 Å². The van der Waals surface area contributed by atoms with Gasteiger partial charge in [-0.2, -0.15) is 0 Å². The number of ether oxygens (including phenoxy) is 1. The summed E-state index contributed by atoms with van der Waals surface area (Å²) in [6, 6.07) is 8.14. The number of aryl methyl sites for hydroxylation is 3. The van der Waals surface area contributed by atoms with E-state index in [0.29, 0.717) is 12.8 Å².